The SMILES string of the molecule is CCCC1O[C@@H]2C[C@H]3[C@@H]4CCC5=CC(=O)C=C[C@]5(C)[C@H]4[C@@H](O)C[C@]3(C)[C@]2(C(=O)CO)O1.COc1ccc(CC(C)NCC(O)c2ccc(O)c(NC=O)c2)cc1. The number of aliphatic hydroxyl groups excluding tert-OH is 3. The van der Waals surface area contributed by atoms with Crippen molar-refractivity contribution in [2.45, 2.75) is 109 Å². The van der Waals surface area contributed by atoms with Crippen LogP contribution in [0.1, 0.15) is 83.5 Å². The minimum Gasteiger partial charge on any atom is -0.506 e. The van der Waals surface area contributed by atoms with E-state index in [0.717, 1.165) is 37.0 Å². The van der Waals surface area contributed by atoms with Crippen LogP contribution in [0.5, 0.6) is 11.5 Å². The highest BCUT2D eigenvalue weighted by Gasteiger charge is 2.75. The Morgan fingerprint density at radius 2 is 1.91 bits per heavy atom. The molecule has 1 heterocycles. The number of phenolic OH excluding ortho intramolecular Hbond substituents is 1. The first-order valence-corrected chi connectivity index (χ1v) is 19.9. The van der Waals surface area contributed by atoms with Crippen LogP contribution in [0, 0.1) is 28.6 Å². The zero-order valence-electron chi connectivity index (χ0n) is 33.1. The fourth-order valence-electron chi connectivity index (χ4n) is 10.7. The number of aliphatic hydroxyl groups is 3. The third-order valence-electron chi connectivity index (χ3n) is 13.4. The topological polar surface area (TPSA) is 184 Å². The van der Waals surface area contributed by atoms with Crippen molar-refractivity contribution in [3.63, 3.8) is 0 Å². The molecule has 1 amide bonds. The van der Waals surface area contributed by atoms with Crippen LogP contribution in [0.25, 0.3) is 0 Å². The Morgan fingerprint density at radius 3 is 2.59 bits per heavy atom. The number of ketones is 2. The van der Waals surface area contributed by atoms with Gasteiger partial charge in [0.25, 0.3) is 0 Å². The van der Waals surface area contributed by atoms with Gasteiger partial charge in [-0.2, -0.15) is 0 Å². The van der Waals surface area contributed by atoms with Gasteiger partial charge in [-0.3, -0.25) is 14.4 Å². The quantitative estimate of drug-likeness (QED) is 0.120. The summed E-state index contributed by atoms with van der Waals surface area (Å²) in [5.41, 5.74) is 1.02. The molecule has 0 spiro atoms. The van der Waals surface area contributed by atoms with E-state index < -0.39 is 42.2 Å². The molecular formula is C44H58N2O10. The Bertz CT molecular complexity index is 1810. The van der Waals surface area contributed by atoms with Gasteiger partial charge in [0.2, 0.25) is 6.41 Å². The first-order chi connectivity index (χ1) is 26.7. The number of methoxy groups -OCH3 is 1. The van der Waals surface area contributed by atoms with Crippen LogP contribution in [0.4, 0.5) is 5.69 Å². The van der Waals surface area contributed by atoms with Gasteiger partial charge < -0.3 is 45.3 Å². The number of aromatic hydroxyl groups is 1. The molecule has 0 radical (unpaired) electrons. The number of Topliss-reactive ketones (excluding diaryl/α,β-unsaturated/α-hetero) is 1. The van der Waals surface area contributed by atoms with Gasteiger partial charge in [-0.05, 0) is 105 Å². The number of hydrogen-bond acceptors (Lipinski definition) is 11. The lowest BCUT2D eigenvalue weighted by Crippen LogP contribution is -2.63. The van der Waals surface area contributed by atoms with Gasteiger partial charge in [0.1, 0.15) is 18.1 Å². The van der Waals surface area contributed by atoms with Gasteiger partial charge >= 0.3 is 0 Å². The van der Waals surface area contributed by atoms with E-state index in [1.165, 1.54) is 11.6 Å². The van der Waals surface area contributed by atoms with Crippen LogP contribution in [0.15, 0.2) is 66.3 Å². The molecule has 12 nitrogen and oxygen atoms in total. The molecule has 0 aromatic heterocycles. The third-order valence-corrected chi connectivity index (χ3v) is 13.4. The first-order valence-electron chi connectivity index (χ1n) is 19.9. The average molecular weight is 775 g/mol. The first kappa shape index (κ1) is 41.7. The van der Waals surface area contributed by atoms with E-state index in [-0.39, 0.29) is 52.2 Å². The van der Waals surface area contributed by atoms with E-state index in [2.05, 4.69) is 31.4 Å². The number of fused-ring (bicyclic) bond motifs is 7. The van der Waals surface area contributed by atoms with E-state index in [0.29, 0.717) is 37.8 Å². The second-order valence-corrected chi connectivity index (χ2v) is 16.6. The van der Waals surface area contributed by atoms with E-state index in [4.69, 9.17) is 14.2 Å². The van der Waals surface area contributed by atoms with Crippen molar-refractivity contribution in [3.8, 4) is 11.5 Å². The zero-order valence-corrected chi connectivity index (χ0v) is 33.1. The smallest absolute Gasteiger partial charge is 0.211 e. The number of hydrogen-bond donors (Lipinski definition) is 6. The molecule has 6 N–H and O–H groups in total. The maximum atomic E-state index is 13.2. The van der Waals surface area contributed by atoms with Crippen molar-refractivity contribution in [1.29, 1.82) is 0 Å². The van der Waals surface area contributed by atoms with Crippen molar-refractivity contribution in [1.82, 2.24) is 5.32 Å². The number of allylic oxidation sites excluding steroid dienone is 4. The highest BCUT2D eigenvalue weighted by molar-refractivity contribution is 6.01. The molecule has 304 valence electrons. The number of ether oxygens (including phenoxy) is 3. The van der Waals surface area contributed by atoms with Crippen LogP contribution < -0.4 is 15.4 Å². The summed E-state index contributed by atoms with van der Waals surface area (Å²) in [6.45, 7) is 8.09. The minimum atomic E-state index is -1.20. The molecule has 1 saturated heterocycles. The number of benzene rings is 2. The van der Waals surface area contributed by atoms with Gasteiger partial charge in [0.15, 0.2) is 23.5 Å². The molecule has 3 saturated carbocycles. The maximum absolute atomic E-state index is 13.2. The lowest BCUT2D eigenvalue weighted by molar-refractivity contribution is -0.200. The number of carbonyl (C=O) groups is 3. The van der Waals surface area contributed by atoms with Crippen LogP contribution in [-0.2, 0) is 30.3 Å². The Hall–Kier alpha value is -3.91. The number of nitrogens with one attached hydrogen (secondary N) is 2. The van der Waals surface area contributed by atoms with Crippen molar-refractivity contribution < 1.29 is 49.0 Å². The summed E-state index contributed by atoms with van der Waals surface area (Å²) >= 11 is 0. The van der Waals surface area contributed by atoms with Crippen molar-refractivity contribution in [2.24, 2.45) is 28.6 Å². The predicted octanol–water partition coefficient (Wildman–Crippen LogP) is 4.94. The largest absolute Gasteiger partial charge is 0.506 e. The van der Waals surface area contributed by atoms with Gasteiger partial charge in [-0.25, -0.2) is 0 Å². The van der Waals surface area contributed by atoms with Crippen LogP contribution in [-0.4, -0.2) is 88.8 Å². The summed E-state index contributed by atoms with van der Waals surface area (Å²) in [7, 11) is 1.64. The Kier molecular flexibility index (Phi) is 12.6. The van der Waals surface area contributed by atoms with Crippen LogP contribution in [0.2, 0.25) is 0 Å². The van der Waals surface area contributed by atoms with Gasteiger partial charge in [-0.1, -0.05) is 57.0 Å². The molecule has 12 heteroatoms. The summed E-state index contributed by atoms with van der Waals surface area (Å²) in [6.07, 6.45) is 8.88. The standard InChI is InChI=1S/C25H34O6.C19H24N2O4/c1-4-5-21-30-20-11-17-16-7-6-14-10-15(27)8-9-23(14,2)22(16)18(28)12-24(17,3)25(20,31-21)19(29)13-26;1-13(9-14-3-6-16(25-2)7-4-14)20-11-19(24)15-5-8-18(23)17(10-15)21-12-22/h8-10,16-18,20-22,26,28H,4-7,11-13H2,1-3H3;3-8,10,12-13,19-20,23-24H,9,11H2,1-2H3,(H,21,22)/t16-,17-,18-,20+,21?,22+,23-,24-,25+;/m0./s1. The number of anilines is 1. The lowest BCUT2D eigenvalue weighted by atomic mass is 9.46. The molecule has 7 rings (SSSR count). The number of rotatable bonds is 13. The molecule has 2 aromatic carbocycles. The van der Waals surface area contributed by atoms with Gasteiger partial charge in [0.05, 0.1) is 31.1 Å². The molecule has 2 aromatic rings. The molecule has 4 aliphatic carbocycles. The van der Waals surface area contributed by atoms with Crippen LogP contribution in [0.3, 0.4) is 0 Å². The summed E-state index contributed by atoms with van der Waals surface area (Å²) in [5.74, 6) is 0.815. The zero-order chi connectivity index (χ0) is 40.4. The molecule has 4 fully saturated rings. The van der Waals surface area contributed by atoms with Crippen molar-refractivity contribution >= 4 is 23.7 Å². The Balaban J connectivity index is 0.000000195. The number of phenols is 1. The monoisotopic (exact) mass is 774 g/mol. The third kappa shape index (κ3) is 7.59. The lowest BCUT2D eigenvalue weighted by Gasteiger charge is -2.59. The van der Waals surface area contributed by atoms with E-state index in [1.807, 2.05) is 37.3 Å². The summed E-state index contributed by atoms with van der Waals surface area (Å²) in [6, 6.07) is 12.7. The molecule has 0 bridgehead atoms. The summed E-state index contributed by atoms with van der Waals surface area (Å²) in [5, 5.41) is 47.1. The molecule has 11 atom stereocenters. The van der Waals surface area contributed by atoms with Crippen molar-refractivity contribution in [3.05, 3.63) is 77.4 Å². The second-order valence-electron chi connectivity index (χ2n) is 16.6. The average Bonchev–Trinajstić information content (AvgIpc) is 3.66. The fourth-order valence-corrected chi connectivity index (χ4v) is 10.7. The molecule has 56 heavy (non-hydrogen) atoms. The van der Waals surface area contributed by atoms with Gasteiger partial charge in [-0.15, -0.1) is 0 Å². The summed E-state index contributed by atoms with van der Waals surface area (Å²) in [4.78, 5) is 35.7. The Morgan fingerprint density at radius 1 is 1.16 bits per heavy atom. The molecule has 5 aliphatic rings. The number of amides is 1. The molecule has 3 unspecified atom stereocenters. The highest BCUT2D eigenvalue weighted by atomic mass is 16.7. The van der Waals surface area contributed by atoms with Crippen LogP contribution >= 0.6 is 0 Å². The molecular weight excluding hydrogens is 716 g/mol. The minimum absolute atomic E-state index is 0.0125. The van der Waals surface area contributed by atoms with Crippen molar-refractivity contribution in [2.75, 3.05) is 25.6 Å². The van der Waals surface area contributed by atoms with E-state index in [9.17, 15) is 34.8 Å². The molecule has 1 aliphatic heterocycles. The Labute approximate surface area is 329 Å². The predicted molar refractivity (Wildman–Crippen MR) is 210 cm³/mol. The second kappa shape index (κ2) is 16.9. The summed E-state index contributed by atoms with van der Waals surface area (Å²) < 4.78 is 17.8. The van der Waals surface area contributed by atoms with E-state index >= 15 is 0 Å². The van der Waals surface area contributed by atoms with E-state index in [1.54, 1.807) is 31.4 Å². The van der Waals surface area contributed by atoms with Gasteiger partial charge in [0, 0.05) is 29.3 Å². The normalized spacial score (nSPS) is 33.7. The fraction of sp³-hybridized carbons (Fsp3) is 0.568. The highest BCUT2D eigenvalue weighted by Crippen LogP contribution is 2.69. The maximum Gasteiger partial charge on any atom is 0.211 e. The number of carbonyl (C=O) groups excluding carboxylic acids is 3.